The van der Waals surface area contributed by atoms with E-state index in [0.29, 0.717) is 25.3 Å². The molecule has 0 bridgehead atoms. The van der Waals surface area contributed by atoms with Crippen molar-refractivity contribution in [2.75, 3.05) is 18.6 Å². The summed E-state index contributed by atoms with van der Waals surface area (Å²) in [5.74, 6) is 1.58. The fraction of sp³-hybridized carbons (Fsp3) is 0.543. The van der Waals surface area contributed by atoms with E-state index in [9.17, 15) is 4.79 Å². The van der Waals surface area contributed by atoms with Gasteiger partial charge in [0.1, 0.15) is 0 Å². The standard InChI is InChI=1S/C35H51N2O3S.BrH/c1-4-6-7-8-9-10-11-12-13-14-15-16-23-40-33-21-20-31(26-34(33)39-3)28-37(35(38)5-2)32-19-17-18-30(25-32)27-36-22-24-41-29-36;/h17-22,24-26,29H,4-16,23,27-28H2,1-3H3;1H/q+1;/p-1. The van der Waals surface area contributed by atoms with E-state index in [1.54, 1.807) is 18.4 Å². The lowest BCUT2D eigenvalue weighted by Gasteiger charge is -2.23. The Kier molecular flexibility index (Phi) is 18.2. The van der Waals surface area contributed by atoms with Gasteiger partial charge < -0.3 is 31.4 Å². The highest BCUT2D eigenvalue weighted by Gasteiger charge is 2.17. The van der Waals surface area contributed by atoms with Gasteiger partial charge in [-0.25, -0.2) is 0 Å². The number of rotatable bonds is 21. The van der Waals surface area contributed by atoms with Crippen LogP contribution in [0.15, 0.2) is 59.6 Å². The topological polar surface area (TPSA) is 42.7 Å². The number of hydrogen-bond donors (Lipinski definition) is 0. The molecule has 232 valence electrons. The minimum absolute atomic E-state index is 0. The number of thiazole rings is 1. The van der Waals surface area contributed by atoms with Gasteiger partial charge in [0.25, 0.3) is 0 Å². The van der Waals surface area contributed by atoms with Crippen LogP contribution in [0.25, 0.3) is 0 Å². The van der Waals surface area contributed by atoms with Crippen molar-refractivity contribution in [3.63, 3.8) is 0 Å². The summed E-state index contributed by atoms with van der Waals surface area (Å²) >= 11 is 1.67. The van der Waals surface area contributed by atoms with Crippen LogP contribution < -0.4 is 35.9 Å². The van der Waals surface area contributed by atoms with Crippen LogP contribution in [0.5, 0.6) is 11.5 Å². The third-order valence-corrected chi connectivity index (χ3v) is 8.21. The zero-order chi connectivity index (χ0) is 29.1. The molecule has 0 aliphatic heterocycles. The van der Waals surface area contributed by atoms with E-state index in [1.165, 1.54) is 76.2 Å². The highest BCUT2D eigenvalue weighted by atomic mass is 79.9. The molecule has 7 heteroatoms. The lowest BCUT2D eigenvalue weighted by Crippen LogP contribution is -3.00. The Hall–Kier alpha value is -2.38. The summed E-state index contributed by atoms with van der Waals surface area (Å²) in [5.41, 5.74) is 5.18. The van der Waals surface area contributed by atoms with Crippen LogP contribution >= 0.6 is 11.3 Å². The first-order valence-corrected chi connectivity index (χ1v) is 16.7. The van der Waals surface area contributed by atoms with E-state index >= 15 is 0 Å². The number of benzene rings is 2. The molecule has 0 atom stereocenters. The second-order valence-electron chi connectivity index (χ2n) is 10.9. The molecular formula is C35H51BrN2O3S. The SMILES string of the molecule is CCCCCCCCCCCCCCOc1ccc(CN(C(=O)CC)c2cccc(C[n+]3ccsc3)c2)cc1OC.[Br-]. The maximum Gasteiger partial charge on any atom is 0.227 e. The van der Waals surface area contributed by atoms with Crippen LogP contribution in [0.2, 0.25) is 0 Å². The predicted octanol–water partition coefficient (Wildman–Crippen LogP) is 6.12. The quantitative estimate of drug-likeness (QED) is 0.102. The molecule has 5 nitrogen and oxygen atoms in total. The molecule has 1 amide bonds. The summed E-state index contributed by atoms with van der Waals surface area (Å²) in [6.45, 7) is 6.15. The van der Waals surface area contributed by atoms with E-state index in [4.69, 9.17) is 9.47 Å². The molecule has 0 spiro atoms. The maximum absolute atomic E-state index is 13.0. The van der Waals surface area contributed by atoms with E-state index in [1.807, 2.05) is 42.2 Å². The lowest BCUT2D eigenvalue weighted by atomic mass is 10.1. The first kappa shape index (κ1) is 35.8. The summed E-state index contributed by atoms with van der Waals surface area (Å²) < 4.78 is 13.9. The van der Waals surface area contributed by atoms with E-state index in [2.05, 4.69) is 40.7 Å². The monoisotopic (exact) mass is 658 g/mol. The van der Waals surface area contributed by atoms with Gasteiger partial charge in [-0.1, -0.05) is 114 Å². The molecule has 3 aromatic rings. The molecule has 3 rings (SSSR count). The molecule has 2 aromatic carbocycles. The van der Waals surface area contributed by atoms with E-state index < -0.39 is 0 Å². The average molecular weight is 660 g/mol. The number of methoxy groups -OCH3 is 1. The molecule has 42 heavy (non-hydrogen) atoms. The van der Waals surface area contributed by atoms with Crippen LogP contribution in [0.3, 0.4) is 0 Å². The van der Waals surface area contributed by atoms with Crippen molar-refractivity contribution in [1.82, 2.24) is 0 Å². The molecule has 0 aliphatic carbocycles. The number of aromatic nitrogens is 1. The van der Waals surface area contributed by atoms with Crippen molar-refractivity contribution in [3.8, 4) is 11.5 Å². The van der Waals surface area contributed by atoms with Gasteiger partial charge in [-0.05, 0) is 36.2 Å². The van der Waals surface area contributed by atoms with Gasteiger partial charge in [0.2, 0.25) is 11.4 Å². The molecule has 0 unspecified atom stereocenters. The van der Waals surface area contributed by atoms with Crippen molar-refractivity contribution >= 4 is 22.9 Å². The normalized spacial score (nSPS) is 10.7. The minimum atomic E-state index is 0. The predicted molar refractivity (Wildman–Crippen MR) is 171 cm³/mol. The van der Waals surface area contributed by atoms with Crippen molar-refractivity contribution in [2.45, 2.75) is 110 Å². The molecule has 1 heterocycles. The summed E-state index contributed by atoms with van der Waals surface area (Å²) in [6, 6.07) is 14.3. The van der Waals surface area contributed by atoms with E-state index in [-0.39, 0.29) is 22.9 Å². The summed E-state index contributed by atoms with van der Waals surface area (Å²) in [6.07, 6.45) is 18.5. The Bertz CT molecular complexity index is 1140. The highest BCUT2D eigenvalue weighted by Crippen LogP contribution is 2.30. The van der Waals surface area contributed by atoms with Gasteiger partial charge in [-0.15, -0.1) is 0 Å². The molecule has 0 saturated heterocycles. The summed E-state index contributed by atoms with van der Waals surface area (Å²) in [7, 11) is 1.68. The highest BCUT2D eigenvalue weighted by molar-refractivity contribution is 7.07. The molecule has 1 aromatic heterocycles. The molecule has 0 aliphatic rings. The number of unbranched alkanes of at least 4 members (excludes halogenated alkanes) is 11. The number of anilines is 1. The number of ether oxygens (including phenoxy) is 2. The Morgan fingerprint density at radius 1 is 0.833 bits per heavy atom. The molecule has 0 radical (unpaired) electrons. The van der Waals surface area contributed by atoms with Crippen LogP contribution in [-0.2, 0) is 17.9 Å². The Labute approximate surface area is 269 Å². The molecule has 0 fully saturated rings. The minimum Gasteiger partial charge on any atom is -1.00 e. The lowest BCUT2D eigenvalue weighted by molar-refractivity contribution is -0.683. The number of halogens is 1. The van der Waals surface area contributed by atoms with Gasteiger partial charge in [-0.2, -0.15) is 4.57 Å². The summed E-state index contributed by atoms with van der Waals surface area (Å²) in [4.78, 5) is 14.8. The maximum atomic E-state index is 13.0. The van der Waals surface area contributed by atoms with Gasteiger partial charge in [0, 0.05) is 17.7 Å². The molecule has 0 N–H and O–H groups in total. The Morgan fingerprint density at radius 3 is 2.14 bits per heavy atom. The number of nitrogens with zero attached hydrogens (tertiary/aromatic N) is 2. The second-order valence-corrected chi connectivity index (χ2v) is 11.7. The Balaban J connectivity index is 0.00000616. The largest absolute Gasteiger partial charge is 1.00 e. The van der Waals surface area contributed by atoms with Crippen molar-refractivity contribution in [3.05, 3.63) is 70.7 Å². The second kappa shape index (κ2) is 21.3. The first-order valence-electron chi connectivity index (χ1n) is 15.7. The van der Waals surface area contributed by atoms with Crippen LogP contribution in [0.1, 0.15) is 108 Å². The number of hydrogen-bond acceptors (Lipinski definition) is 4. The fourth-order valence-electron chi connectivity index (χ4n) is 5.14. The zero-order valence-corrected chi connectivity index (χ0v) is 28.4. The van der Waals surface area contributed by atoms with Gasteiger partial charge in [0.05, 0.1) is 25.6 Å². The third kappa shape index (κ3) is 12.9. The van der Waals surface area contributed by atoms with Crippen LogP contribution in [-0.4, -0.2) is 19.6 Å². The number of amides is 1. The number of carbonyl (C=O) groups is 1. The van der Waals surface area contributed by atoms with Gasteiger partial charge in [-0.3, -0.25) is 4.79 Å². The van der Waals surface area contributed by atoms with Crippen LogP contribution in [0, 0.1) is 0 Å². The summed E-state index contributed by atoms with van der Waals surface area (Å²) in [5, 5.41) is 2.07. The van der Waals surface area contributed by atoms with Gasteiger partial charge in [0.15, 0.2) is 24.2 Å². The zero-order valence-electron chi connectivity index (χ0n) is 26.0. The number of carbonyl (C=O) groups excluding carboxylic acids is 1. The van der Waals surface area contributed by atoms with Gasteiger partial charge >= 0.3 is 0 Å². The van der Waals surface area contributed by atoms with Crippen molar-refractivity contribution in [2.24, 2.45) is 0 Å². The Morgan fingerprint density at radius 2 is 1.52 bits per heavy atom. The molecular weight excluding hydrogens is 608 g/mol. The smallest absolute Gasteiger partial charge is 0.227 e. The third-order valence-electron chi connectivity index (χ3n) is 7.54. The van der Waals surface area contributed by atoms with Crippen molar-refractivity contribution < 1.29 is 35.8 Å². The molecule has 0 saturated carbocycles. The fourth-order valence-corrected chi connectivity index (χ4v) is 5.73. The first-order chi connectivity index (χ1) is 20.1. The van der Waals surface area contributed by atoms with E-state index in [0.717, 1.165) is 30.0 Å². The van der Waals surface area contributed by atoms with Crippen molar-refractivity contribution in [1.29, 1.82) is 0 Å². The van der Waals surface area contributed by atoms with Crippen LogP contribution in [0.4, 0.5) is 5.69 Å². The average Bonchev–Trinajstić information content (AvgIpc) is 3.51.